The Morgan fingerprint density at radius 2 is 1.74 bits per heavy atom. The van der Waals surface area contributed by atoms with E-state index >= 15 is 0 Å². The summed E-state index contributed by atoms with van der Waals surface area (Å²) in [4.78, 5) is 16.3. The summed E-state index contributed by atoms with van der Waals surface area (Å²) >= 11 is 5.95. The number of carbonyl (C=O) groups is 1. The van der Waals surface area contributed by atoms with Crippen LogP contribution in [0.4, 0.5) is 10.1 Å². The second kappa shape index (κ2) is 6.58. The smallest absolute Gasteiger partial charge is 0.258 e. The molecule has 1 N–H and O–H groups in total. The fourth-order valence-corrected chi connectivity index (χ4v) is 2.42. The summed E-state index contributed by atoms with van der Waals surface area (Å²) < 4.78 is 13.1. The van der Waals surface area contributed by atoms with E-state index in [-0.39, 0.29) is 16.9 Å². The molecular weight excluding hydrogens is 315 g/mol. The van der Waals surface area contributed by atoms with Crippen LogP contribution in [0.25, 0.3) is 11.1 Å². The maximum Gasteiger partial charge on any atom is 0.258 e. The molecule has 0 radical (unpaired) electrons. The number of para-hydroxylation sites is 1. The van der Waals surface area contributed by atoms with Crippen molar-refractivity contribution in [3.63, 3.8) is 0 Å². The lowest BCUT2D eigenvalue weighted by Gasteiger charge is -2.11. The van der Waals surface area contributed by atoms with Gasteiger partial charge in [0, 0.05) is 17.4 Å². The molecule has 1 amide bonds. The molecule has 23 heavy (non-hydrogen) atoms. The normalized spacial score (nSPS) is 10.3. The number of halogens is 2. The highest BCUT2D eigenvalue weighted by Gasteiger charge is 2.13. The number of aromatic nitrogens is 1. The first-order chi connectivity index (χ1) is 11.1. The number of carbonyl (C=O) groups excluding carboxylic acids is 1. The van der Waals surface area contributed by atoms with Crippen LogP contribution in [0.2, 0.25) is 5.15 Å². The van der Waals surface area contributed by atoms with Gasteiger partial charge in [0.15, 0.2) is 0 Å². The molecule has 1 aromatic heterocycles. The Morgan fingerprint density at radius 3 is 2.48 bits per heavy atom. The van der Waals surface area contributed by atoms with Crippen molar-refractivity contribution in [2.45, 2.75) is 0 Å². The Labute approximate surface area is 137 Å². The van der Waals surface area contributed by atoms with Crippen molar-refractivity contribution in [2.75, 3.05) is 5.32 Å². The van der Waals surface area contributed by atoms with Gasteiger partial charge in [-0.15, -0.1) is 0 Å². The Morgan fingerprint density at radius 1 is 1.00 bits per heavy atom. The largest absolute Gasteiger partial charge is 0.321 e. The molecule has 0 saturated heterocycles. The number of pyridine rings is 1. The average Bonchev–Trinajstić information content (AvgIpc) is 2.56. The van der Waals surface area contributed by atoms with Gasteiger partial charge in [-0.1, -0.05) is 41.9 Å². The first-order valence-corrected chi connectivity index (χ1v) is 7.30. The van der Waals surface area contributed by atoms with Gasteiger partial charge in [-0.2, -0.15) is 0 Å². The third-order valence-electron chi connectivity index (χ3n) is 3.33. The van der Waals surface area contributed by atoms with Crippen molar-refractivity contribution >= 4 is 23.2 Å². The molecule has 3 nitrogen and oxygen atoms in total. The van der Waals surface area contributed by atoms with Gasteiger partial charge >= 0.3 is 0 Å². The van der Waals surface area contributed by atoms with Crippen LogP contribution in [0, 0.1) is 5.82 Å². The van der Waals surface area contributed by atoms with Crippen molar-refractivity contribution in [1.82, 2.24) is 4.98 Å². The first kappa shape index (κ1) is 15.2. The minimum atomic E-state index is -0.349. The predicted octanol–water partition coefficient (Wildman–Crippen LogP) is 4.79. The standard InChI is InChI=1S/C18H12ClFN2O/c19-17-15(5-3-11-21-17)18(23)22-16-6-2-1-4-14(16)12-7-9-13(20)10-8-12/h1-11H,(H,22,23). The zero-order valence-corrected chi connectivity index (χ0v) is 12.7. The van der Waals surface area contributed by atoms with Crippen LogP contribution < -0.4 is 5.32 Å². The van der Waals surface area contributed by atoms with Gasteiger partial charge in [0.25, 0.3) is 5.91 Å². The summed E-state index contributed by atoms with van der Waals surface area (Å²) in [5, 5.41) is 2.97. The number of anilines is 1. The Balaban J connectivity index is 1.94. The monoisotopic (exact) mass is 326 g/mol. The molecule has 3 rings (SSSR count). The van der Waals surface area contributed by atoms with Crippen molar-refractivity contribution in [3.8, 4) is 11.1 Å². The fraction of sp³-hybridized carbons (Fsp3) is 0. The molecule has 0 saturated carbocycles. The van der Waals surface area contributed by atoms with E-state index in [1.807, 2.05) is 18.2 Å². The maximum atomic E-state index is 13.1. The topological polar surface area (TPSA) is 42.0 Å². The summed E-state index contributed by atoms with van der Waals surface area (Å²) in [6, 6.07) is 16.6. The predicted molar refractivity (Wildman–Crippen MR) is 89.0 cm³/mol. The molecule has 114 valence electrons. The highest BCUT2D eigenvalue weighted by atomic mass is 35.5. The van der Waals surface area contributed by atoms with E-state index in [0.29, 0.717) is 11.3 Å². The second-order valence-corrected chi connectivity index (χ2v) is 5.21. The van der Waals surface area contributed by atoms with Crippen LogP contribution >= 0.6 is 11.6 Å². The summed E-state index contributed by atoms with van der Waals surface area (Å²) in [5.41, 5.74) is 2.51. The van der Waals surface area contributed by atoms with Gasteiger partial charge in [0.2, 0.25) is 0 Å². The van der Waals surface area contributed by atoms with Crippen molar-refractivity contribution in [1.29, 1.82) is 0 Å². The highest BCUT2D eigenvalue weighted by Crippen LogP contribution is 2.28. The Bertz CT molecular complexity index is 850. The minimum absolute atomic E-state index is 0.143. The highest BCUT2D eigenvalue weighted by molar-refractivity contribution is 6.33. The van der Waals surface area contributed by atoms with Crippen molar-refractivity contribution in [2.24, 2.45) is 0 Å². The van der Waals surface area contributed by atoms with Crippen LogP contribution in [0.3, 0.4) is 0 Å². The molecule has 0 fully saturated rings. The van der Waals surface area contributed by atoms with Gasteiger partial charge in [-0.05, 0) is 35.9 Å². The van der Waals surface area contributed by atoms with Gasteiger partial charge < -0.3 is 5.32 Å². The van der Waals surface area contributed by atoms with Crippen LogP contribution in [0.15, 0.2) is 66.9 Å². The number of rotatable bonds is 3. The third-order valence-corrected chi connectivity index (χ3v) is 3.64. The number of benzene rings is 2. The van der Waals surface area contributed by atoms with Gasteiger partial charge in [-0.3, -0.25) is 4.79 Å². The maximum absolute atomic E-state index is 13.1. The molecule has 0 aliphatic heterocycles. The molecule has 2 aromatic carbocycles. The Hall–Kier alpha value is -2.72. The zero-order chi connectivity index (χ0) is 16.2. The molecule has 0 unspecified atom stereocenters. The van der Waals surface area contributed by atoms with Crippen molar-refractivity contribution < 1.29 is 9.18 Å². The molecule has 0 atom stereocenters. The molecule has 1 heterocycles. The SMILES string of the molecule is O=C(Nc1ccccc1-c1ccc(F)cc1)c1cccnc1Cl. The second-order valence-electron chi connectivity index (χ2n) is 4.85. The van der Waals surface area contributed by atoms with E-state index in [1.54, 1.807) is 30.3 Å². The molecule has 3 aromatic rings. The number of hydrogen-bond acceptors (Lipinski definition) is 2. The lowest BCUT2D eigenvalue weighted by atomic mass is 10.0. The number of nitrogens with one attached hydrogen (secondary N) is 1. The Kier molecular flexibility index (Phi) is 4.35. The summed E-state index contributed by atoms with van der Waals surface area (Å²) in [6.07, 6.45) is 1.52. The lowest BCUT2D eigenvalue weighted by Crippen LogP contribution is -2.13. The molecule has 5 heteroatoms. The molecule has 0 aliphatic carbocycles. The van der Waals surface area contributed by atoms with Gasteiger partial charge in [-0.25, -0.2) is 9.37 Å². The fourth-order valence-electron chi connectivity index (χ4n) is 2.22. The summed E-state index contributed by atoms with van der Waals surface area (Å²) in [5.74, 6) is -0.657. The molecule has 0 aliphatic rings. The minimum Gasteiger partial charge on any atom is -0.321 e. The van der Waals surface area contributed by atoms with Crippen LogP contribution in [0.5, 0.6) is 0 Å². The van der Waals surface area contributed by atoms with Gasteiger partial charge in [0.05, 0.1) is 5.56 Å². The zero-order valence-electron chi connectivity index (χ0n) is 12.0. The van der Waals surface area contributed by atoms with Gasteiger partial charge in [0.1, 0.15) is 11.0 Å². The van der Waals surface area contributed by atoms with Crippen LogP contribution in [0.1, 0.15) is 10.4 Å². The van der Waals surface area contributed by atoms with E-state index < -0.39 is 0 Å². The van der Waals surface area contributed by atoms with Crippen LogP contribution in [-0.2, 0) is 0 Å². The quantitative estimate of drug-likeness (QED) is 0.703. The number of nitrogens with zero attached hydrogens (tertiary/aromatic N) is 1. The van der Waals surface area contributed by atoms with E-state index in [2.05, 4.69) is 10.3 Å². The number of amides is 1. The molecular formula is C18H12ClFN2O. The van der Waals surface area contributed by atoms with Crippen LogP contribution in [-0.4, -0.2) is 10.9 Å². The third kappa shape index (κ3) is 3.38. The van der Waals surface area contributed by atoms with E-state index in [9.17, 15) is 9.18 Å². The molecule has 0 spiro atoms. The lowest BCUT2D eigenvalue weighted by molar-refractivity contribution is 0.102. The summed E-state index contributed by atoms with van der Waals surface area (Å²) in [7, 11) is 0. The van der Waals surface area contributed by atoms with E-state index in [1.165, 1.54) is 18.3 Å². The van der Waals surface area contributed by atoms with Crippen molar-refractivity contribution in [3.05, 3.63) is 83.4 Å². The summed E-state index contributed by atoms with van der Waals surface area (Å²) in [6.45, 7) is 0. The van der Waals surface area contributed by atoms with E-state index in [0.717, 1.165) is 11.1 Å². The average molecular weight is 327 g/mol. The number of hydrogen-bond donors (Lipinski definition) is 1. The first-order valence-electron chi connectivity index (χ1n) is 6.92. The van der Waals surface area contributed by atoms with E-state index in [4.69, 9.17) is 11.6 Å². The molecule has 0 bridgehead atoms.